The van der Waals surface area contributed by atoms with Gasteiger partial charge in [-0.25, -0.2) is 9.18 Å². The molecule has 20 heavy (non-hydrogen) atoms. The normalized spacial score (nSPS) is 17.6. The van der Waals surface area contributed by atoms with Gasteiger partial charge in [-0.3, -0.25) is 4.79 Å². The highest BCUT2D eigenvalue weighted by atomic mass is 19.1. The number of aromatic carboxylic acids is 1. The van der Waals surface area contributed by atoms with Crippen molar-refractivity contribution in [2.24, 2.45) is 0 Å². The number of aromatic nitrogens is 1. The number of carboxylic acids is 1. The van der Waals surface area contributed by atoms with Crippen LogP contribution >= 0.6 is 0 Å². The van der Waals surface area contributed by atoms with Crippen LogP contribution in [0.5, 0.6) is 0 Å². The minimum atomic E-state index is -1.29. The molecule has 0 fully saturated rings. The van der Waals surface area contributed by atoms with Crippen molar-refractivity contribution in [3.05, 3.63) is 39.9 Å². The third-order valence-corrected chi connectivity index (χ3v) is 3.72. The number of hydrogen-bond donors (Lipinski definition) is 1. The Labute approximate surface area is 113 Å². The summed E-state index contributed by atoms with van der Waals surface area (Å²) < 4.78 is 15.4. The summed E-state index contributed by atoms with van der Waals surface area (Å²) in [4.78, 5) is 25.2. The van der Waals surface area contributed by atoms with Gasteiger partial charge in [0.2, 0.25) is 5.43 Å². The lowest BCUT2D eigenvalue weighted by Crippen LogP contribution is -2.33. The fraction of sp³-hybridized carbons (Fsp3) is 0.286. The molecule has 1 aliphatic rings. The number of carboxylic acid groups (broad SMARTS) is 1. The predicted octanol–water partition coefficient (Wildman–Crippen LogP) is 1.85. The highest BCUT2D eigenvalue weighted by molar-refractivity contribution is 5.97. The first-order chi connectivity index (χ1) is 9.40. The molecule has 104 valence electrons. The molecule has 1 aromatic carbocycles. The van der Waals surface area contributed by atoms with Crippen LogP contribution in [0, 0.1) is 5.82 Å². The van der Waals surface area contributed by atoms with E-state index in [4.69, 9.17) is 5.11 Å². The molecule has 1 aromatic heterocycles. The summed E-state index contributed by atoms with van der Waals surface area (Å²) in [5, 5.41) is 9.23. The Morgan fingerprint density at radius 3 is 2.80 bits per heavy atom. The molecule has 6 heteroatoms. The van der Waals surface area contributed by atoms with Gasteiger partial charge in [0.05, 0.1) is 16.6 Å². The van der Waals surface area contributed by atoms with E-state index in [-0.39, 0.29) is 17.0 Å². The van der Waals surface area contributed by atoms with Gasteiger partial charge in [-0.1, -0.05) is 0 Å². The number of benzene rings is 1. The molecule has 0 saturated carbocycles. The van der Waals surface area contributed by atoms with Crippen LogP contribution in [0.15, 0.2) is 23.1 Å². The zero-order chi connectivity index (χ0) is 14.6. The van der Waals surface area contributed by atoms with Crippen molar-refractivity contribution < 1.29 is 14.3 Å². The fourth-order valence-electron chi connectivity index (χ4n) is 2.81. The standard InChI is InChI=1S/C14H13FN2O3/c1-7-5-16(2)11-4-8(15)3-9-12(11)17(7)6-10(13(9)18)14(19)20/h3-4,6-7H,5H2,1-2H3,(H,19,20). The average molecular weight is 276 g/mol. The van der Waals surface area contributed by atoms with Crippen LogP contribution < -0.4 is 10.3 Å². The van der Waals surface area contributed by atoms with Crippen LogP contribution in [0.25, 0.3) is 10.9 Å². The lowest BCUT2D eigenvalue weighted by atomic mass is 10.0. The van der Waals surface area contributed by atoms with E-state index in [1.807, 2.05) is 18.9 Å². The monoisotopic (exact) mass is 276 g/mol. The molecule has 0 bridgehead atoms. The van der Waals surface area contributed by atoms with Crippen molar-refractivity contribution in [2.75, 3.05) is 18.5 Å². The molecule has 0 aliphatic carbocycles. The number of carbonyl (C=O) groups is 1. The van der Waals surface area contributed by atoms with Gasteiger partial charge in [0.15, 0.2) is 0 Å². The van der Waals surface area contributed by atoms with E-state index in [1.54, 1.807) is 4.57 Å². The Bertz CT molecular complexity index is 797. The summed E-state index contributed by atoms with van der Waals surface area (Å²) in [7, 11) is 1.82. The van der Waals surface area contributed by atoms with E-state index in [1.165, 1.54) is 12.3 Å². The van der Waals surface area contributed by atoms with E-state index >= 15 is 0 Å². The molecule has 1 atom stereocenters. The highest BCUT2D eigenvalue weighted by Crippen LogP contribution is 2.33. The third-order valence-electron chi connectivity index (χ3n) is 3.72. The van der Waals surface area contributed by atoms with Crippen LogP contribution in [0.3, 0.4) is 0 Å². The zero-order valence-electron chi connectivity index (χ0n) is 11.1. The van der Waals surface area contributed by atoms with Gasteiger partial charge in [-0.15, -0.1) is 0 Å². The predicted molar refractivity (Wildman–Crippen MR) is 73.1 cm³/mol. The average Bonchev–Trinajstić information content (AvgIpc) is 2.37. The summed E-state index contributed by atoms with van der Waals surface area (Å²) in [5.74, 6) is -1.84. The molecule has 1 N–H and O–H groups in total. The van der Waals surface area contributed by atoms with Crippen LogP contribution in [-0.2, 0) is 0 Å². The van der Waals surface area contributed by atoms with Crippen molar-refractivity contribution >= 4 is 22.6 Å². The molecule has 1 unspecified atom stereocenters. The van der Waals surface area contributed by atoms with E-state index in [0.29, 0.717) is 17.7 Å². The number of hydrogen-bond acceptors (Lipinski definition) is 3. The van der Waals surface area contributed by atoms with Crippen molar-refractivity contribution in [1.29, 1.82) is 0 Å². The fourth-order valence-corrected chi connectivity index (χ4v) is 2.81. The van der Waals surface area contributed by atoms with Gasteiger partial charge in [-0.05, 0) is 19.1 Å². The topological polar surface area (TPSA) is 62.5 Å². The molecule has 1 aliphatic heterocycles. The summed E-state index contributed by atoms with van der Waals surface area (Å²) >= 11 is 0. The second-order valence-electron chi connectivity index (χ2n) is 5.13. The Balaban J connectivity index is 2.54. The second-order valence-corrected chi connectivity index (χ2v) is 5.13. The zero-order valence-corrected chi connectivity index (χ0v) is 11.1. The number of halogens is 1. The van der Waals surface area contributed by atoms with E-state index in [0.717, 1.165) is 6.07 Å². The summed E-state index contributed by atoms with van der Waals surface area (Å²) in [6.45, 7) is 2.55. The molecule has 0 radical (unpaired) electrons. The Kier molecular flexibility index (Phi) is 2.57. The minimum Gasteiger partial charge on any atom is -0.477 e. The minimum absolute atomic E-state index is 0.000777. The molecular weight excluding hydrogens is 263 g/mol. The molecular formula is C14H13FN2O3. The van der Waals surface area contributed by atoms with Crippen LogP contribution in [0.1, 0.15) is 23.3 Å². The van der Waals surface area contributed by atoms with E-state index in [2.05, 4.69) is 0 Å². The van der Waals surface area contributed by atoms with Crippen LogP contribution in [-0.4, -0.2) is 29.2 Å². The van der Waals surface area contributed by atoms with Crippen molar-refractivity contribution in [2.45, 2.75) is 13.0 Å². The lowest BCUT2D eigenvalue weighted by Gasteiger charge is -2.33. The number of anilines is 1. The van der Waals surface area contributed by atoms with Crippen molar-refractivity contribution in [3.8, 4) is 0 Å². The maximum Gasteiger partial charge on any atom is 0.341 e. The first kappa shape index (κ1) is 12.7. The van der Waals surface area contributed by atoms with Gasteiger partial charge in [-0.2, -0.15) is 0 Å². The lowest BCUT2D eigenvalue weighted by molar-refractivity contribution is 0.0694. The maximum atomic E-state index is 13.7. The first-order valence-corrected chi connectivity index (χ1v) is 6.23. The van der Waals surface area contributed by atoms with Crippen molar-refractivity contribution in [1.82, 2.24) is 4.57 Å². The molecule has 2 heterocycles. The van der Waals surface area contributed by atoms with Crippen LogP contribution in [0.2, 0.25) is 0 Å². The van der Waals surface area contributed by atoms with Crippen LogP contribution in [0.4, 0.5) is 10.1 Å². The second kappa shape index (κ2) is 4.06. The van der Waals surface area contributed by atoms with Gasteiger partial charge >= 0.3 is 5.97 Å². The van der Waals surface area contributed by atoms with Gasteiger partial charge in [0.25, 0.3) is 0 Å². The van der Waals surface area contributed by atoms with E-state index < -0.39 is 17.2 Å². The Morgan fingerprint density at radius 2 is 2.15 bits per heavy atom. The SMILES string of the molecule is CC1CN(C)c2cc(F)cc3c(=O)c(C(=O)O)cn1c23. The Morgan fingerprint density at radius 1 is 1.45 bits per heavy atom. The quantitative estimate of drug-likeness (QED) is 0.863. The molecule has 5 nitrogen and oxygen atoms in total. The van der Waals surface area contributed by atoms with Gasteiger partial charge < -0.3 is 14.6 Å². The first-order valence-electron chi connectivity index (χ1n) is 6.23. The smallest absolute Gasteiger partial charge is 0.341 e. The van der Waals surface area contributed by atoms with E-state index in [9.17, 15) is 14.0 Å². The molecule has 2 aromatic rings. The van der Waals surface area contributed by atoms with Crippen molar-refractivity contribution in [3.63, 3.8) is 0 Å². The number of pyridine rings is 1. The van der Waals surface area contributed by atoms with Gasteiger partial charge in [0.1, 0.15) is 11.4 Å². The number of likely N-dealkylation sites (N-methyl/N-ethyl adjacent to an activating group) is 1. The van der Waals surface area contributed by atoms with Gasteiger partial charge in [0, 0.05) is 25.8 Å². The largest absolute Gasteiger partial charge is 0.477 e. The maximum absolute atomic E-state index is 13.7. The summed E-state index contributed by atoms with van der Waals surface area (Å²) in [6.07, 6.45) is 1.35. The molecule has 0 saturated heterocycles. The third kappa shape index (κ3) is 1.61. The number of nitrogens with zero attached hydrogens (tertiary/aromatic N) is 2. The number of rotatable bonds is 1. The molecule has 3 rings (SSSR count). The summed E-state index contributed by atoms with van der Waals surface area (Å²) in [6, 6.07) is 2.47. The molecule has 0 spiro atoms. The highest BCUT2D eigenvalue weighted by Gasteiger charge is 2.25. The molecule has 0 amide bonds. The Hall–Kier alpha value is -2.37. The summed E-state index contributed by atoms with van der Waals surface area (Å²) in [5.41, 5.74) is 0.215.